The lowest BCUT2D eigenvalue weighted by molar-refractivity contribution is -0.112. The topological polar surface area (TPSA) is 123 Å². The molecule has 9 heteroatoms. The van der Waals surface area contributed by atoms with Crippen molar-refractivity contribution < 1.29 is 24.2 Å². The van der Waals surface area contributed by atoms with E-state index in [9.17, 15) is 14.7 Å². The van der Waals surface area contributed by atoms with E-state index in [0.717, 1.165) is 9.13 Å². The zero-order valence-corrected chi connectivity index (χ0v) is 22.1. The minimum atomic E-state index is -1.05. The number of anilines is 3. The number of carbonyl (C=O) groups is 2. The minimum absolute atomic E-state index is 0.0665. The van der Waals surface area contributed by atoms with Crippen molar-refractivity contribution in [3.05, 3.63) is 93.6 Å². The summed E-state index contributed by atoms with van der Waals surface area (Å²) in [6.45, 7) is 4.00. The van der Waals surface area contributed by atoms with E-state index in [2.05, 4.69) is 33.2 Å². The van der Waals surface area contributed by atoms with Crippen molar-refractivity contribution in [2.24, 2.45) is 0 Å². The minimum Gasteiger partial charge on any atom is -0.508 e. The van der Waals surface area contributed by atoms with E-state index >= 15 is 0 Å². The number of hydrogen-bond donors (Lipinski definition) is 4. The quantitative estimate of drug-likeness (QED) is 0.140. The Morgan fingerprint density at radius 1 is 1.08 bits per heavy atom. The number of nitrogen functional groups attached to an aromatic ring is 1. The second-order valence-corrected chi connectivity index (χ2v) is 9.12. The van der Waals surface area contributed by atoms with E-state index in [1.807, 2.05) is 19.1 Å². The van der Waals surface area contributed by atoms with Crippen LogP contribution in [0.5, 0.6) is 5.75 Å². The van der Waals surface area contributed by atoms with E-state index in [0.29, 0.717) is 22.6 Å². The Morgan fingerprint density at radius 2 is 1.81 bits per heavy atom. The monoisotopic (exact) mass is 601 g/mol. The lowest BCUT2D eigenvalue weighted by atomic mass is 10.0. The molecular weight excluding hydrogens is 573 g/mol. The van der Waals surface area contributed by atoms with Crippen molar-refractivity contribution in [1.29, 1.82) is 0 Å². The van der Waals surface area contributed by atoms with Crippen LogP contribution >= 0.6 is 22.6 Å². The van der Waals surface area contributed by atoms with Crippen molar-refractivity contribution in [2.45, 2.75) is 26.1 Å². The smallest absolute Gasteiger partial charge is 0.412 e. The molecule has 36 heavy (non-hydrogen) atoms. The van der Waals surface area contributed by atoms with Gasteiger partial charge in [0.2, 0.25) is 5.91 Å². The Bertz CT molecular complexity index is 1230. The average Bonchev–Trinajstić information content (AvgIpc) is 2.85. The second-order valence-electron chi connectivity index (χ2n) is 7.88. The number of rotatable bonds is 9. The zero-order valence-electron chi connectivity index (χ0n) is 19.9. The molecule has 0 aliphatic carbocycles. The summed E-state index contributed by atoms with van der Waals surface area (Å²) in [5.74, 6) is -0.504. The Balaban J connectivity index is 1.86. The number of nitrogens with two attached hydrogens (primary N) is 1. The van der Waals surface area contributed by atoms with Crippen LogP contribution in [0, 0.1) is 10.5 Å². The fourth-order valence-corrected chi connectivity index (χ4v) is 3.88. The first-order chi connectivity index (χ1) is 17.3. The number of carbonyl (C=O) groups excluding carboxylic acids is 2. The molecule has 3 rings (SSSR count). The van der Waals surface area contributed by atoms with Crippen LogP contribution < -0.4 is 16.4 Å². The molecule has 2 amide bonds. The van der Waals surface area contributed by atoms with Gasteiger partial charge in [-0.15, -0.1) is 0 Å². The van der Waals surface area contributed by atoms with Crippen molar-refractivity contribution in [3.8, 4) is 5.75 Å². The number of hydrogen-bond acceptors (Lipinski definition) is 6. The maximum Gasteiger partial charge on any atom is 0.412 e. The van der Waals surface area contributed by atoms with Crippen LogP contribution in [0.4, 0.5) is 21.9 Å². The molecule has 2 atom stereocenters. The summed E-state index contributed by atoms with van der Waals surface area (Å²) in [6, 6.07) is 19.1. The highest BCUT2D eigenvalue weighted by molar-refractivity contribution is 14.1. The maximum absolute atomic E-state index is 12.8. The van der Waals surface area contributed by atoms with Crippen LogP contribution in [0.2, 0.25) is 0 Å². The molecule has 0 unspecified atom stereocenters. The number of aryl methyl sites for hydroxylation is 1. The van der Waals surface area contributed by atoms with Gasteiger partial charge in [0.1, 0.15) is 11.9 Å². The van der Waals surface area contributed by atoms with Gasteiger partial charge < -0.3 is 25.6 Å². The van der Waals surface area contributed by atoms with Crippen molar-refractivity contribution in [3.63, 3.8) is 0 Å². The summed E-state index contributed by atoms with van der Waals surface area (Å²) < 4.78 is 12.4. The molecule has 0 bridgehead atoms. The Morgan fingerprint density at radius 3 is 2.50 bits per heavy atom. The third-order valence-corrected chi connectivity index (χ3v) is 5.81. The SMILES string of the molecule is CCO[C@H](/C=C/C(=O)Nc1ccccc1N)[C@H](OC(=O)Nc1ccc(C)cc1)c1cc(I)ccc1O. The molecule has 0 saturated carbocycles. The summed E-state index contributed by atoms with van der Waals surface area (Å²) >= 11 is 2.10. The number of ether oxygens (including phenoxy) is 2. The normalized spacial score (nSPS) is 12.6. The third kappa shape index (κ3) is 7.72. The number of phenolic OH excluding ortho intramolecular Hbond substituents is 1. The summed E-state index contributed by atoms with van der Waals surface area (Å²) in [4.78, 5) is 25.4. The largest absolute Gasteiger partial charge is 0.508 e. The number of para-hydroxylation sites is 2. The Labute approximate surface area is 223 Å². The fraction of sp³-hybridized carbons (Fsp3) is 0.185. The molecule has 8 nitrogen and oxygen atoms in total. The molecule has 0 heterocycles. The molecule has 0 aromatic heterocycles. The van der Waals surface area contributed by atoms with E-state index in [4.69, 9.17) is 15.2 Å². The zero-order chi connectivity index (χ0) is 26.1. The molecule has 0 spiro atoms. The lowest BCUT2D eigenvalue weighted by Gasteiger charge is -2.26. The summed E-state index contributed by atoms with van der Waals surface area (Å²) in [5, 5.41) is 16.0. The predicted molar refractivity (Wildman–Crippen MR) is 149 cm³/mol. The van der Waals surface area contributed by atoms with Crippen LogP contribution in [0.15, 0.2) is 78.9 Å². The summed E-state index contributed by atoms with van der Waals surface area (Å²) in [5.41, 5.74) is 8.75. The van der Waals surface area contributed by atoms with Crippen LogP contribution in [-0.4, -0.2) is 29.8 Å². The third-order valence-electron chi connectivity index (χ3n) is 5.14. The molecule has 0 radical (unpaired) electrons. The Hall–Kier alpha value is -3.57. The molecule has 0 aliphatic rings. The van der Waals surface area contributed by atoms with Crippen molar-refractivity contribution in [2.75, 3.05) is 23.0 Å². The van der Waals surface area contributed by atoms with Crippen LogP contribution in [-0.2, 0) is 14.3 Å². The van der Waals surface area contributed by atoms with Crippen molar-refractivity contribution >= 4 is 51.7 Å². The van der Waals surface area contributed by atoms with Gasteiger partial charge in [0.15, 0.2) is 6.10 Å². The lowest BCUT2D eigenvalue weighted by Crippen LogP contribution is -2.28. The van der Waals surface area contributed by atoms with E-state index in [1.54, 1.807) is 55.5 Å². The van der Waals surface area contributed by atoms with Crippen LogP contribution in [0.25, 0.3) is 0 Å². The number of phenols is 1. The fourth-order valence-electron chi connectivity index (χ4n) is 3.36. The number of benzene rings is 3. The molecule has 3 aromatic rings. The molecular formula is C27H28IN3O5. The molecule has 0 saturated heterocycles. The van der Waals surface area contributed by atoms with Gasteiger partial charge >= 0.3 is 6.09 Å². The highest BCUT2D eigenvalue weighted by Gasteiger charge is 2.29. The predicted octanol–water partition coefficient (Wildman–Crippen LogP) is 5.78. The first-order valence-electron chi connectivity index (χ1n) is 11.2. The van der Waals surface area contributed by atoms with Gasteiger partial charge in [0.05, 0.1) is 11.4 Å². The van der Waals surface area contributed by atoms with E-state index in [-0.39, 0.29) is 12.4 Å². The number of amides is 2. The van der Waals surface area contributed by atoms with Gasteiger partial charge in [0, 0.05) is 27.5 Å². The molecule has 0 aliphatic heterocycles. The Kier molecular flexibility index (Phi) is 9.71. The standard InChI is InChI=1S/C27H28IN3O5/c1-3-35-24(14-15-25(33)31-22-7-5-4-6-21(22)29)26(20-16-18(28)10-13-23(20)32)36-27(34)30-19-11-8-17(2)9-12-19/h4-16,24,26,32H,3,29H2,1-2H3,(H,30,34)(H,31,33)/b15-14+/t24-,26-/m1/s1. The van der Waals surface area contributed by atoms with Gasteiger partial charge in [-0.1, -0.05) is 29.8 Å². The van der Waals surface area contributed by atoms with Crippen molar-refractivity contribution in [1.82, 2.24) is 0 Å². The summed E-state index contributed by atoms with van der Waals surface area (Å²) in [6.07, 6.45) is 0.118. The first-order valence-corrected chi connectivity index (χ1v) is 12.3. The summed E-state index contributed by atoms with van der Waals surface area (Å²) in [7, 11) is 0. The van der Waals surface area contributed by atoms with Gasteiger partial charge in [0.25, 0.3) is 0 Å². The van der Waals surface area contributed by atoms with Gasteiger partial charge in [-0.2, -0.15) is 0 Å². The highest BCUT2D eigenvalue weighted by atomic mass is 127. The number of aromatic hydroxyl groups is 1. The van der Waals surface area contributed by atoms with Gasteiger partial charge in [-0.25, -0.2) is 4.79 Å². The highest BCUT2D eigenvalue weighted by Crippen LogP contribution is 2.33. The van der Waals surface area contributed by atoms with Gasteiger partial charge in [-0.05, 0) is 85.0 Å². The molecule has 3 aromatic carbocycles. The number of halogens is 1. The number of nitrogens with one attached hydrogen (secondary N) is 2. The first kappa shape index (κ1) is 27.0. The second kappa shape index (κ2) is 12.9. The van der Waals surface area contributed by atoms with Gasteiger partial charge in [-0.3, -0.25) is 10.1 Å². The molecule has 5 N–H and O–H groups in total. The molecule has 0 fully saturated rings. The van der Waals surface area contributed by atoms with E-state index < -0.39 is 24.2 Å². The van der Waals surface area contributed by atoms with E-state index in [1.165, 1.54) is 18.2 Å². The maximum atomic E-state index is 12.8. The average molecular weight is 601 g/mol. The van der Waals surface area contributed by atoms with Crippen LogP contribution in [0.3, 0.4) is 0 Å². The molecule has 188 valence electrons. The van der Waals surface area contributed by atoms with Crippen LogP contribution in [0.1, 0.15) is 24.2 Å².